The van der Waals surface area contributed by atoms with E-state index in [1.807, 2.05) is 0 Å². The minimum Gasteiger partial charge on any atom is -0.481 e. The monoisotopic (exact) mass is 327 g/mol. The van der Waals surface area contributed by atoms with Crippen LogP contribution in [0.15, 0.2) is 34.8 Å². The molecule has 0 saturated carbocycles. The molecule has 0 saturated heterocycles. The SMILES string of the molecule is O=C(NC1C=CC(C(=O)O)C1)c1cccc(F)c1Br. The first-order valence-electron chi connectivity index (χ1n) is 5.65. The number of benzene rings is 1. The molecule has 1 aromatic carbocycles. The molecule has 0 radical (unpaired) electrons. The third kappa shape index (κ3) is 3.01. The van der Waals surface area contributed by atoms with Crippen molar-refractivity contribution in [3.63, 3.8) is 0 Å². The number of carboxylic acid groups (broad SMARTS) is 1. The van der Waals surface area contributed by atoms with Gasteiger partial charge in [0.05, 0.1) is 16.0 Å². The average molecular weight is 328 g/mol. The van der Waals surface area contributed by atoms with Gasteiger partial charge in [0.15, 0.2) is 0 Å². The van der Waals surface area contributed by atoms with Gasteiger partial charge < -0.3 is 10.4 Å². The predicted octanol–water partition coefficient (Wildman–Crippen LogP) is 2.35. The van der Waals surface area contributed by atoms with Crippen LogP contribution >= 0.6 is 15.9 Å². The maximum Gasteiger partial charge on any atom is 0.310 e. The Balaban J connectivity index is 2.05. The summed E-state index contributed by atoms with van der Waals surface area (Å²) in [4.78, 5) is 22.7. The standard InChI is InChI=1S/C13H11BrFNO3/c14-11-9(2-1-3-10(11)15)12(17)16-8-5-4-7(6-8)13(18)19/h1-5,7-8H,6H2,(H,16,17)(H,18,19). The fraction of sp³-hybridized carbons (Fsp3) is 0.231. The Hall–Kier alpha value is -1.69. The fourth-order valence-corrected chi connectivity index (χ4v) is 2.36. The molecule has 6 heteroatoms. The van der Waals surface area contributed by atoms with E-state index in [0.29, 0.717) is 6.42 Å². The average Bonchev–Trinajstić information content (AvgIpc) is 2.81. The number of rotatable bonds is 3. The van der Waals surface area contributed by atoms with Crippen molar-refractivity contribution in [1.29, 1.82) is 0 Å². The lowest BCUT2D eigenvalue weighted by Crippen LogP contribution is -2.33. The van der Waals surface area contributed by atoms with E-state index < -0.39 is 23.6 Å². The second-order valence-corrected chi connectivity index (χ2v) is 5.04. The summed E-state index contributed by atoms with van der Waals surface area (Å²) in [6.07, 6.45) is 3.51. The number of carbonyl (C=O) groups is 2. The molecule has 19 heavy (non-hydrogen) atoms. The Bertz CT molecular complexity index is 559. The summed E-state index contributed by atoms with van der Waals surface area (Å²) >= 11 is 3.02. The molecule has 2 unspecified atom stereocenters. The van der Waals surface area contributed by atoms with E-state index in [-0.39, 0.29) is 16.1 Å². The van der Waals surface area contributed by atoms with E-state index in [4.69, 9.17) is 5.11 Å². The first-order valence-corrected chi connectivity index (χ1v) is 6.44. The molecule has 1 aliphatic rings. The van der Waals surface area contributed by atoms with Crippen LogP contribution in [-0.2, 0) is 4.79 Å². The number of nitrogens with one attached hydrogen (secondary N) is 1. The molecule has 0 spiro atoms. The minimum atomic E-state index is -0.917. The topological polar surface area (TPSA) is 66.4 Å². The molecule has 0 bridgehead atoms. The Labute approximate surface area is 117 Å². The molecule has 2 N–H and O–H groups in total. The van der Waals surface area contributed by atoms with Crippen LogP contribution in [0.2, 0.25) is 0 Å². The molecule has 0 aliphatic heterocycles. The zero-order chi connectivity index (χ0) is 14.0. The lowest BCUT2D eigenvalue weighted by atomic mass is 10.1. The number of carbonyl (C=O) groups excluding carboxylic acids is 1. The molecule has 2 atom stereocenters. The van der Waals surface area contributed by atoms with Crippen molar-refractivity contribution in [3.05, 3.63) is 46.2 Å². The van der Waals surface area contributed by atoms with Crippen LogP contribution in [0.25, 0.3) is 0 Å². The quantitative estimate of drug-likeness (QED) is 0.837. The van der Waals surface area contributed by atoms with Gasteiger partial charge in [-0.2, -0.15) is 0 Å². The largest absolute Gasteiger partial charge is 0.481 e. The number of carboxylic acids is 1. The van der Waals surface area contributed by atoms with Gasteiger partial charge >= 0.3 is 5.97 Å². The second kappa shape index (κ2) is 5.52. The molecule has 1 aromatic rings. The van der Waals surface area contributed by atoms with E-state index >= 15 is 0 Å². The summed E-state index contributed by atoms with van der Waals surface area (Å²) in [6.45, 7) is 0. The Kier molecular flexibility index (Phi) is 3.99. The Morgan fingerprint density at radius 2 is 2.11 bits per heavy atom. The molecular formula is C13H11BrFNO3. The van der Waals surface area contributed by atoms with Crippen LogP contribution in [-0.4, -0.2) is 23.0 Å². The first-order chi connectivity index (χ1) is 8.99. The molecule has 0 heterocycles. The summed E-state index contributed by atoms with van der Waals surface area (Å²) in [5.41, 5.74) is 0.187. The molecule has 0 aromatic heterocycles. The second-order valence-electron chi connectivity index (χ2n) is 4.25. The molecule has 1 amide bonds. The highest BCUT2D eigenvalue weighted by Gasteiger charge is 2.26. The summed E-state index contributed by atoms with van der Waals surface area (Å²) in [7, 11) is 0. The highest BCUT2D eigenvalue weighted by atomic mass is 79.9. The number of hydrogen-bond donors (Lipinski definition) is 2. The molecule has 100 valence electrons. The van der Waals surface area contributed by atoms with Crippen LogP contribution in [0.3, 0.4) is 0 Å². The molecule has 4 nitrogen and oxygen atoms in total. The van der Waals surface area contributed by atoms with Crippen molar-refractivity contribution in [1.82, 2.24) is 5.32 Å². The van der Waals surface area contributed by atoms with Gasteiger partial charge in [-0.15, -0.1) is 0 Å². The van der Waals surface area contributed by atoms with E-state index in [1.54, 1.807) is 12.2 Å². The number of amides is 1. The smallest absolute Gasteiger partial charge is 0.310 e. The first kappa shape index (κ1) is 13.7. The molecule has 0 fully saturated rings. The van der Waals surface area contributed by atoms with Crippen LogP contribution < -0.4 is 5.32 Å². The summed E-state index contributed by atoms with van der Waals surface area (Å²) in [5, 5.41) is 11.5. The maximum absolute atomic E-state index is 13.3. The number of hydrogen-bond acceptors (Lipinski definition) is 2. The van der Waals surface area contributed by atoms with Crippen molar-refractivity contribution < 1.29 is 19.1 Å². The van der Waals surface area contributed by atoms with Gasteiger partial charge in [0.1, 0.15) is 5.82 Å². The van der Waals surface area contributed by atoms with Crippen molar-refractivity contribution in [2.75, 3.05) is 0 Å². The lowest BCUT2D eigenvalue weighted by molar-refractivity contribution is -0.140. The van der Waals surface area contributed by atoms with Crippen LogP contribution in [0.4, 0.5) is 4.39 Å². The number of halogens is 2. The molecule has 2 rings (SSSR count). The van der Waals surface area contributed by atoms with Crippen molar-refractivity contribution >= 4 is 27.8 Å². The van der Waals surface area contributed by atoms with Crippen molar-refractivity contribution in [3.8, 4) is 0 Å². The van der Waals surface area contributed by atoms with E-state index in [0.717, 1.165) is 0 Å². The van der Waals surface area contributed by atoms with E-state index in [1.165, 1.54) is 18.2 Å². The fourth-order valence-electron chi connectivity index (χ4n) is 1.91. The Morgan fingerprint density at radius 3 is 2.74 bits per heavy atom. The van der Waals surface area contributed by atoms with Gasteiger partial charge in [-0.05, 0) is 34.5 Å². The zero-order valence-electron chi connectivity index (χ0n) is 9.77. The summed E-state index contributed by atoms with van der Waals surface area (Å²) in [6, 6.07) is 3.84. The molecule has 1 aliphatic carbocycles. The van der Waals surface area contributed by atoms with Gasteiger partial charge in [-0.1, -0.05) is 18.2 Å². The highest BCUT2D eigenvalue weighted by Crippen LogP contribution is 2.22. The van der Waals surface area contributed by atoms with Gasteiger partial charge in [0, 0.05) is 6.04 Å². The number of aliphatic carboxylic acids is 1. The van der Waals surface area contributed by atoms with E-state index in [2.05, 4.69) is 21.2 Å². The third-order valence-electron chi connectivity index (χ3n) is 2.91. The zero-order valence-corrected chi connectivity index (χ0v) is 11.4. The predicted molar refractivity (Wildman–Crippen MR) is 70.2 cm³/mol. The van der Waals surface area contributed by atoms with Crippen molar-refractivity contribution in [2.45, 2.75) is 12.5 Å². The van der Waals surface area contributed by atoms with Crippen LogP contribution in [0, 0.1) is 11.7 Å². The van der Waals surface area contributed by atoms with Crippen molar-refractivity contribution in [2.24, 2.45) is 5.92 Å². The minimum absolute atomic E-state index is 0.101. The van der Waals surface area contributed by atoms with E-state index in [9.17, 15) is 14.0 Å². The van der Waals surface area contributed by atoms with Gasteiger partial charge in [-0.3, -0.25) is 9.59 Å². The summed E-state index contributed by atoms with van der Waals surface area (Å²) in [5.74, 6) is -2.45. The Morgan fingerprint density at radius 1 is 1.37 bits per heavy atom. The maximum atomic E-state index is 13.3. The lowest BCUT2D eigenvalue weighted by Gasteiger charge is -2.13. The highest BCUT2D eigenvalue weighted by molar-refractivity contribution is 9.10. The third-order valence-corrected chi connectivity index (χ3v) is 3.72. The summed E-state index contributed by atoms with van der Waals surface area (Å²) < 4.78 is 13.4. The molecular weight excluding hydrogens is 317 g/mol. The van der Waals surface area contributed by atoms with Crippen LogP contribution in [0.5, 0.6) is 0 Å². The van der Waals surface area contributed by atoms with Gasteiger partial charge in [0.25, 0.3) is 5.91 Å². The van der Waals surface area contributed by atoms with Gasteiger partial charge in [0.2, 0.25) is 0 Å². The van der Waals surface area contributed by atoms with Gasteiger partial charge in [-0.25, -0.2) is 4.39 Å². The normalized spacial score (nSPS) is 21.4. The van der Waals surface area contributed by atoms with Crippen LogP contribution in [0.1, 0.15) is 16.8 Å².